The second kappa shape index (κ2) is 7.24. The predicted molar refractivity (Wildman–Crippen MR) is 83.4 cm³/mol. The molecule has 2 aromatic carbocycles. The van der Waals surface area contributed by atoms with Gasteiger partial charge in [-0.2, -0.15) is 0 Å². The zero-order valence-corrected chi connectivity index (χ0v) is 12.1. The van der Waals surface area contributed by atoms with E-state index >= 15 is 0 Å². The summed E-state index contributed by atoms with van der Waals surface area (Å²) in [7, 11) is 0. The molecule has 0 fully saturated rings. The number of anilines is 1. The molecule has 0 radical (unpaired) electrons. The molecular weight excluding hydrogens is 282 g/mol. The zero-order valence-electron chi connectivity index (χ0n) is 12.1. The monoisotopic (exact) mass is 299 g/mol. The van der Waals surface area contributed by atoms with Crippen molar-refractivity contribution in [2.24, 2.45) is 5.84 Å². The second-order valence-corrected chi connectivity index (χ2v) is 4.67. The van der Waals surface area contributed by atoms with Crippen LogP contribution in [0.5, 0.6) is 5.75 Å². The van der Waals surface area contributed by atoms with Gasteiger partial charge in [-0.15, -0.1) is 0 Å². The van der Waals surface area contributed by atoms with Gasteiger partial charge in [-0.05, 0) is 36.8 Å². The van der Waals surface area contributed by atoms with Crippen LogP contribution in [0.15, 0.2) is 48.5 Å². The highest BCUT2D eigenvalue weighted by atomic mass is 16.5. The van der Waals surface area contributed by atoms with Crippen molar-refractivity contribution in [1.29, 1.82) is 0 Å². The minimum atomic E-state index is -0.476. The molecule has 0 spiro atoms. The maximum Gasteiger partial charge on any atom is 0.267 e. The third-order valence-corrected chi connectivity index (χ3v) is 2.94. The average molecular weight is 299 g/mol. The summed E-state index contributed by atoms with van der Waals surface area (Å²) in [5.74, 6) is 4.89. The highest BCUT2D eigenvalue weighted by molar-refractivity contribution is 6.03. The predicted octanol–water partition coefficient (Wildman–Crippen LogP) is 1.62. The fourth-order valence-corrected chi connectivity index (χ4v) is 1.91. The van der Waals surface area contributed by atoms with Gasteiger partial charge in [0.15, 0.2) is 6.61 Å². The standard InChI is InChI=1S/C16H17N3O3/c1-11-5-4-6-12(9-11)22-10-15(20)18-14-8-3-2-7-13(14)16(21)19-17/h2-9H,10,17H2,1H3,(H,18,20)(H,19,21). The number of hydrogen-bond acceptors (Lipinski definition) is 4. The Morgan fingerprint density at radius 3 is 2.64 bits per heavy atom. The largest absolute Gasteiger partial charge is 0.484 e. The molecule has 0 bridgehead atoms. The highest BCUT2D eigenvalue weighted by Gasteiger charge is 2.12. The summed E-state index contributed by atoms with van der Waals surface area (Å²) in [6.07, 6.45) is 0. The van der Waals surface area contributed by atoms with Crippen LogP contribution in [0.1, 0.15) is 15.9 Å². The molecule has 2 aromatic rings. The van der Waals surface area contributed by atoms with Crippen molar-refractivity contribution in [2.45, 2.75) is 6.92 Å². The van der Waals surface area contributed by atoms with Gasteiger partial charge in [-0.1, -0.05) is 24.3 Å². The number of carbonyl (C=O) groups excluding carboxylic acids is 2. The van der Waals surface area contributed by atoms with E-state index in [0.717, 1.165) is 5.56 Å². The molecule has 2 amide bonds. The van der Waals surface area contributed by atoms with Crippen molar-refractivity contribution in [3.8, 4) is 5.75 Å². The van der Waals surface area contributed by atoms with Gasteiger partial charge < -0.3 is 10.1 Å². The fraction of sp³-hybridized carbons (Fsp3) is 0.125. The molecule has 6 heteroatoms. The number of para-hydroxylation sites is 1. The Hall–Kier alpha value is -2.86. The Balaban J connectivity index is 1.99. The third kappa shape index (κ3) is 4.07. The second-order valence-electron chi connectivity index (χ2n) is 4.67. The molecule has 0 aliphatic rings. The van der Waals surface area contributed by atoms with Crippen LogP contribution < -0.4 is 21.3 Å². The first kappa shape index (κ1) is 15.5. The number of nitrogens with one attached hydrogen (secondary N) is 2. The van der Waals surface area contributed by atoms with Gasteiger partial charge in [0.2, 0.25) is 0 Å². The van der Waals surface area contributed by atoms with Crippen molar-refractivity contribution < 1.29 is 14.3 Å². The molecule has 6 nitrogen and oxygen atoms in total. The molecular formula is C16H17N3O3. The Morgan fingerprint density at radius 2 is 1.91 bits per heavy atom. The summed E-state index contributed by atoms with van der Waals surface area (Å²) < 4.78 is 5.41. The van der Waals surface area contributed by atoms with Gasteiger partial charge >= 0.3 is 0 Å². The van der Waals surface area contributed by atoms with E-state index in [9.17, 15) is 9.59 Å². The van der Waals surface area contributed by atoms with Crippen LogP contribution in [0.2, 0.25) is 0 Å². The summed E-state index contributed by atoms with van der Waals surface area (Å²) in [5, 5.41) is 2.63. The van der Waals surface area contributed by atoms with E-state index in [-0.39, 0.29) is 18.1 Å². The summed E-state index contributed by atoms with van der Waals surface area (Å²) in [6.45, 7) is 1.79. The number of benzene rings is 2. The summed E-state index contributed by atoms with van der Waals surface area (Å²) in [5.41, 5.74) is 3.75. The van der Waals surface area contributed by atoms with E-state index in [1.807, 2.05) is 30.5 Å². The van der Waals surface area contributed by atoms with Crippen LogP contribution in [0.4, 0.5) is 5.69 Å². The zero-order chi connectivity index (χ0) is 15.9. The topological polar surface area (TPSA) is 93.4 Å². The van der Waals surface area contributed by atoms with Crippen LogP contribution >= 0.6 is 0 Å². The minimum absolute atomic E-state index is 0.151. The summed E-state index contributed by atoms with van der Waals surface area (Å²) in [6, 6.07) is 14.0. The van der Waals surface area contributed by atoms with E-state index in [0.29, 0.717) is 11.4 Å². The number of rotatable bonds is 5. The van der Waals surface area contributed by atoms with E-state index < -0.39 is 5.91 Å². The van der Waals surface area contributed by atoms with Gasteiger partial charge in [-0.3, -0.25) is 15.0 Å². The maximum absolute atomic E-state index is 11.9. The van der Waals surface area contributed by atoms with Crippen LogP contribution in [0, 0.1) is 6.92 Å². The first-order chi connectivity index (χ1) is 10.6. The lowest BCUT2D eigenvalue weighted by molar-refractivity contribution is -0.118. The van der Waals surface area contributed by atoms with Gasteiger partial charge in [-0.25, -0.2) is 5.84 Å². The molecule has 114 valence electrons. The lowest BCUT2D eigenvalue weighted by Gasteiger charge is -2.11. The fourth-order valence-electron chi connectivity index (χ4n) is 1.91. The molecule has 22 heavy (non-hydrogen) atoms. The molecule has 2 rings (SSSR count). The molecule has 0 saturated heterocycles. The summed E-state index contributed by atoms with van der Waals surface area (Å²) >= 11 is 0. The number of aryl methyl sites for hydroxylation is 1. The van der Waals surface area contributed by atoms with Crippen molar-refractivity contribution in [3.63, 3.8) is 0 Å². The molecule has 0 aliphatic heterocycles. The van der Waals surface area contributed by atoms with Crippen molar-refractivity contribution in [2.75, 3.05) is 11.9 Å². The van der Waals surface area contributed by atoms with Crippen molar-refractivity contribution >= 4 is 17.5 Å². The van der Waals surface area contributed by atoms with Crippen LogP contribution in [0.3, 0.4) is 0 Å². The lowest BCUT2D eigenvalue weighted by Crippen LogP contribution is -2.31. The van der Waals surface area contributed by atoms with Crippen molar-refractivity contribution in [3.05, 3.63) is 59.7 Å². The Bertz CT molecular complexity index is 686. The minimum Gasteiger partial charge on any atom is -0.484 e. The van der Waals surface area contributed by atoms with Crippen molar-refractivity contribution in [1.82, 2.24) is 5.43 Å². The number of ether oxygens (including phenoxy) is 1. The SMILES string of the molecule is Cc1cccc(OCC(=O)Nc2ccccc2C(=O)NN)c1. The third-order valence-electron chi connectivity index (χ3n) is 2.94. The smallest absolute Gasteiger partial charge is 0.267 e. The van der Waals surface area contributed by atoms with Crippen LogP contribution in [0.25, 0.3) is 0 Å². The lowest BCUT2D eigenvalue weighted by atomic mass is 10.1. The number of hydrogen-bond donors (Lipinski definition) is 3. The van der Waals surface area contributed by atoms with Crippen LogP contribution in [-0.2, 0) is 4.79 Å². The number of amides is 2. The van der Waals surface area contributed by atoms with E-state index in [1.165, 1.54) is 0 Å². The average Bonchev–Trinajstić information content (AvgIpc) is 2.53. The van der Waals surface area contributed by atoms with Crippen LogP contribution in [-0.4, -0.2) is 18.4 Å². The van der Waals surface area contributed by atoms with Gasteiger partial charge in [0.25, 0.3) is 11.8 Å². The first-order valence-electron chi connectivity index (χ1n) is 6.69. The van der Waals surface area contributed by atoms with E-state index in [1.54, 1.807) is 30.3 Å². The molecule has 0 aromatic heterocycles. The molecule has 0 unspecified atom stereocenters. The van der Waals surface area contributed by atoms with Gasteiger partial charge in [0.1, 0.15) is 5.75 Å². The van der Waals surface area contributed by atoms with E-state index in [2.05, 4.69) is 5.32 Å². The maximum atomic E-state index is 11.9. The van der Waals surface area contributed by atoms with Gasteiger partial charge in [0, 0.05) is 0 Å². The Kier molecular flexibility index (Phi) is 5.11. The normalized spacial score (nSPS) is 9.91. The molecule has 0 atom stereocenters. The molecule has 0 heterocycles. The first-order valence-corrected chi connectivity index (χ1v) is 6.69. The molecule has 0 aliphatic carbocycles. The number of hydrazine groups is 1. The number of nitrogens with two attached hydrogens (primary N) is 1. The molecule has 4 N–H and O–H groups in total. The summed E-state index contributed by atoms with van der Waals surface area (Å²) in [4.78, 5) is 23.5. The Morgan fingerprint density at radius 1 is 1.14 bits per heavy atom. The number of nitrogen functional groups attached to an aromatic ring is 1. The molecule has 0 saturated carbocycles. The van der Waals surface area contributed by atoms with E-state index in [4.69, 9.17) is 10.6 Å². The Labute approximate surface area is 128 Å². The highest BCUT2D eigenvalue weighted by Crippen LogP contribution is 2.15. The van der Waals surface area contributed by atoms with Gasteiger partial charge in [0.05, 0.1) is 11.3 Å². The number of carbonyl (C=O) groups is 2. The quantitative estimate of drug-likeness (QED) is 0.444.